The van der Waals surface area contributed by atoms with E-state index in [-0.39, 0.29) is 43.8 Å². The van der Waals surface area contributed by atoms with E-state index in [0.717, 1.165) is 0 Å². The Balaban J connectivity index is 2.22. The summed E-state index contributed by atoms with van der Waals surface area (Å²) in [7, 11) is 0. The Hall–Kier alpha value is -8.73. The molecule has 0 saturated heterocycles. The molecule has 0 radical (unpaired) electrons. The predicted octanol–water partition coefficient (Wildman–Crippen LogP) is -4.10. The third-order valence-corrected chi connectivity index (χ3v) is 11.8. The van der Waals surface area contributed by atoms with Crippen LogP contribution in [0.25, 0.3) is 0 Å². The molecule has 0 spiro atoms. The van der Waals surface area contributed by atoms with Crippen molar-refractivity contribution in [3.63, 3.8) is 0 Å². The van der Waals surface area contributed by atoms with E-state index in [2.05, 4.69) is 47.9 Å². The monoisotopic (exact) mass is 1130 g/mol. The molecule has 0 unspecified atom stereocenters. The van der Waals surface area contributed by atoms with Gasteiger partial charge in [-0.2, -0.15) is 0 Å². The largest absolute Gasteiger partial charge is 0.508 e. The Kier molecular flexibility index (Phi) is 28.2. The SMILES string of the molecule is CC(C)C[C@H](NC(=O)CNC(=O)[C@H](CCC(=O)O)NC(=O)CNC(=O)[C@@H](NC(=O)[C@H](Cc1ccccc1)NC(=O)[C@H](CC(=O)O)NC(=O)[C@@H](N)[C@@H](C)O)C(C)C)C(=O)N[C@@H](Cc1ccc(O)cc1)C(=O)N[C@@H](CCC(N)=O)C(=O)O. The number of carboxylic acid groups (broad SMARTS) is 3. The zero-order valence-corrected chi connectivity index (χ0v) is 44.8. The minimum absolute atomic E-state index is 0.0251. The van der Waals surface area contributed by atoms with E-state index in [1.165, 1.54) is 45.0 Å². The van der Waals surface area contributed by atoms with Crippen LogP contribution in [-0.2, 0) is 75.2 Å². The average molecular weight is 1130 g/mol. The average Bonchev–Trinajstić information content (AvgIpc) is 3.37. The number of amides is 10. The smallest absolute Gasteiger partial charge is 0.326 e. The maximum atomic E-state index is 13.9. The summed E-state index contributed by atoms with van der Waals surface area (Å²) in [5.41, 5.74) is 11.7. The number of aliphatic hydroxyl groups is 1. The van der Waals surface area contributed by atoms with E-state index < -0.39 is 170 Å². The summed E-state index contributed by atoms with van der Waals surface area (Å²) < 4.78 is 0. The highest BCUT2D eigenvalue weighted by atomic mass is 16.4. The van der Waals surface area contributed by atoms with Crippen molar-refractivity contribution in [2.75, 3.05) is 13.1 Å². The molecule has 18 N–H and O–H groups in total. The van der Waals surface area contributed by atoms with Crippen LogP contribution in [-0.4, -0.2) is 170 Å². The van der Waals surface area contributed by atoms with Gasteiger partial charge in [-0.25, -0.2) is 4.79 Å². The number of hydrogen-bond acceptors (Lipinski definition) is 16. The summed E-state index contributed by atoms with van der Waals surface area (Å²) in [6.45, 7) is 6.01. The summed E-state index contributed by atoms with van der Waals surface area (Å²) in [6, 6.07) is 1.47. The fraction of sp³-hybridized carbons (Fsp3) is 0.510. The van der Waals surface area contributed by atoms with Crippen molar-refractivity contribution in [2.45, 2.75) is 140 Å². The lowest BCUT2D eigenvalue weighted by Crippen LogP contribution is -2.60. The number of nitrogens with one attached hydrogen (secondary N) is 9. The molecule has 2 aromatic rings. The van der Waals surface area contributed by atoms with E-state index in [4.69, 9.17) is 11.5 Å². The summed E-state index contributed by atoms with van der Waals surface area (Å²) in [6.07, 6.45) is -4.71. The number of aliphatic hydroxyl groups excluding tert-OH is 1. The first-order valence-electron chi connectivity index (χ1n) is 25.3. The number of aliphatic carboxylic acids is 3. The third kappa shape index (κ3) is 25.2. The Morgan fingerprint density at radius 3 is 1.45 bits per heavy atom. The van der Waals surface area contributed by atoms with Crippen molar-refractivity contribution >= 4 is 77.0 Å². The molecule has 0 aromatic heterocycles. The van der Waals surface area contributed by atoms with Crippen LogP contribution >= 0.6 is 0 Å². The van der Waals surface area contributed by atoms with E-state index in [1.54, 1.807) is 44.2 Å². The first-order valence-corrected chi connectivity index (χ1v) is 25.3. The number of aromatic hydroxyl groups is 1. The highest BCUT2D eigenvalue weighted by molar-refractivity contribution is 5.98. The normalized spacial score (nSPS) is 14.4. The van der Waals surface area contributed by atoms with Gasteiger partial charge < -0.3 is 84.9 Å². The number of phenols is 1. The van der Waals surface area contributed by atoms with Crippen LogP contribution in [0.1, 0.15) is 84.3 Å². The molecule has 0 saturated carbocycles. The molecule has 0 bridgehead atoms. The lowest BCUT2D eigenvalue weighted by Gasteiger charge is -2.27. The van der Waals surface area contributed by atoms with Crippen molar-refractivity contribution < 1.29 is 87.9 Å². The van der Waals surface area contributed by atoms with Crippen LogP contribution in [0.4, 0.5) is 0 Å². The van der Waals surface area contributed by atoms with Gasteiger partial charge in [-0.1, -0.05) is 70.2 Å². The van der Waals surface area contributed by atoms with Gasteiger partial charge in [-0.3, -0.25) is 57.5 Å². The van der Waals surface area contributed by atoms with Gasteiger partial charge >= 0.3 is 17.9 Å². The van der Waals surface area contributed by atoms with Gasteiger partial charge in [0.2, 0.25) is 59.1 Å². The number of carbonyl (C=O) groups is 13. The highest BCUT2D eigenvalue weighted by Crippen LogP contribution is 2.14. The first kappa shape index (κ1) is 67.4. The van der Waals surface area contributed by atoms with Crippen molar-refractivity contribution in [1.82, 2.24) is 47.9 Å². The van der Waals surface area contributed by atoms with Crippen LogP contribution in [0.2, 0.25) is 0 Å². The van der Waals surface area contributed by atoms with Gasteiger partial charge in [0.15, 0.2) is 0 Å². The van der Waals surface area contributed by atoms with Gasteiger partial charge in [0.1, 0.15) is 54.1 Å². The van der Waals surface area contributed by atoms with Crippen LogP contribution in [0.15, 0.2) is 54.6 Å². The Bertz CT molecular complexity index is 2510. The molecule has 0 aliphatic rings. The van der Waals surface area contributed by atoms with Gasteiger partial charge in [0, 0.05) is 25.7 Å². The number of carboxylic acids is 3. The number of rotatable bonds is 35. The van der Waals surface area contributed by atoms with Gasteiger partial charge in [0.05, 0.1) is 25.6 Å². The maximum absolute atomic E-state index is 13.9. The molecule has 80 heavy (non-hydrogen) atoms. The van der Waals surface area contributed by atoms with Crippen LogP contribution in [0.5, 0.6) is 5.75 Å². The second-order valence-electron chi connectivity index (χ2n) is 19.5. The van der Waals surface area contributed by atoms with Crippen molar-refractivity contribution in [1.29, 1.82) is 0 Å². The molecule has 9 atom stereocenters. The van der Waals surface area contributed by atoms with E-state index >= 15 is 0 Å². The van der Waals surface area contributed by atoms with Crippen LogP contribution < -0.4 is 59.3 Å². The quantitative estimate of drug-likeness (QED) is 0.0312. The number of nitrogens with two attached hydrogens (primary N) is 2. The fourth-order valence-corrected chi connectivity index (χ4v) is 7.45. The van der Waals surface area contributed by atoms with Gasteiger partial charge in [-0.15, -0.1) is 0 Å². The molecule has 29 nitrogen and oxygen atoms in total. The van der Waals surface area contributed by atoms with E-state index in [1.807, 2.05) is 0 Å². The first-order chi connectivity index (χ1) is 37.5. The van der Waals surface area contributed by atoms with Crippen molar-refractivity contribution in [3.8, 4) is 5.75 Å². The number of benzene rings is 2. The lowest BCUT2D eigenvalue weighted by atomic mass is 10.0. The molecular weight excluding hydrogens is 1050 g/mol. The summed E-state index contributed by atoms with van der Waals surface area (Å²) in [5.74, 6) is -15.2. The van der Waals surface area contributed by atoms with Gasteiger partial charge in [0.25, 0.3) is 0 Å². The molecule has 2 rings (SSSR count). The zero-order chi connectivity index (χ0) is 60.4. The Morgan fingerprint density at radius 2 is 0.963 bits per heavy atom. The van der Waals surface area contributed by atoms with Gasteiger partial charge in [-0.05, 0) is 61.3 Å². The number of primary amides is 1. The lowest BCUT2D eigenvalue weighted by molar-refractivity contribution is -0.143. The maximum Gasteiger partial charge on any atom is 0.326 e. The third-order valence-electron chi connectivity index (χ3n) is 11.8. The molecule has 0 heterocycles. The standard InChI is InChI=1S/C51H73N11O18/c1-25(2)19-33(45(73)59-34(21-29-11-13-30(64)14-12-29)46(74)58-32(51(79)80)15-17-37(52)65)57-39(67)23-54-44(72)31(16-18-40(68)69)56-38(66)24-55-50(78)43(26(3)4)62-48(76)35(20-28-9-7-6-8-10-28)60-47(75)36(22-41(70)71)61-49(77)42(53)27(5)63/h6-14,25-27,31-36,42-43,63-64H,15-24,53H2,1-5H3,(H2,52,65)(H,54,72)(H,55,78)(H,56,66)(H,57,67)(H,58,74)(H,59,73)(H,60,75)(H,61,77)(H,62,76)(H,68,69)(H,70,71)(H,79,80)/t27-,31+,32+,33+,34+,35+,36+,42+,43+/m1/s1. The molecule has 440 valence electrons. The topological polar surface area (TPSA) is 483 Å². The molecule has 2 aromatic carbocycles. The zero-order valence-electron chi connectivity index (χ0n) is 44.8. The van der Waals surface area contributed by atoms with Crippen molar-refractivity contribution in [3.05, 3.63) is 65.7 Å². The van der Waals surface area contributed by atoms with Crippen molar-refractivity contribution in [2.24, 2.45) is 23.3 Å². The number of carbonyl (C=O) groups excluding carboxylic acids is 10. The van der Waals surface area contributed by atoms with Crippen LogP contribution in [0.3, 0.4) is 0 Å². The van der Waals surface area contributed by atoms with E-state index in [9.17, 15) is 87.9 Å². The Morgan fingerprint density at radius 1 is 0.500 bits per heavy atom. The Labute approximate surface area is 459 Å². The van der Waals surface area contributed by atoms with E-state index in [0.29, 0.717) is 11.1 Å². The summed E-state index contributed by atoms with van der Waals surface area (Å²) >= 11 is 0. The molecule has 0 aliphatic carbocycles. The summed E-state index contributed by atoms with van der Waals surface area (Å²) in [4.78, 5) is 167. The molecular formula is C51H73N11O18. The molecule has 0 aliphatic heterocycles. The minimum Gasteiger partial charge on any atom is -0.508 e. The number of phenolic OH excluding ortho intramolecular Hbond substituents is 1. The highest BCUT2D eigenvalue weighted by Gasteiger charge is 2.35. The minimum atomic E-state index is -1.77. The molecule has 10 amide bonds. The predicted molar refractivity (Wildman–Crippen MR) is 281 cm³/mol. The van der Waals surface area contributed by atoms with Crippen LogP contribution in [0, 0.1) is 11.8 Å². The number of hydrogen-bond donors (Lipinski definition) is 16. The molecule has 29 heteroatoms. The fourth-order valence-electron chi connectivity index (χ4n) is 7.45. The second-order valence-corrected chi connectivity index (χ2v) is 19.5. The summed E-state index contributed by atoms with van der Waals surface area (Å²) in [5, 5.41) is 69.2. The second kappa shape index (κ2) is 33.5. The molecule has 0 fully saturated rings.